The number of thioether (sulfide) groups is 1. The lowest BCUT2D eigenvalue weighted by molar-refractivity contribution is 0.0526. The Labute approximate surface area is 144 Å². The standard InChI is InChI=1S/C13H14N6O3S2/c1-3-21-11(20)7-5(2)22-10-8(7)9(14)16-6(17-10)4-23-13-19-18-12(15)24-13/h3-4H2,1-2H3,(H2,15,18)(H2,14,16,17). The Morgan fingerprint density at radius 2 is 2.12 bits per heavy atom. The van der Waals surface area contributed by atoms with Gasteiger partial charge >= 0.3 is 5.97 Å². The summed E-state index contributed by atoms with van der Waals surface area (Å²) in [6.45, 7) is 3.64. The molecule has 9 nitrogen and oxygen atoms in total. The van der Waals surface area contributed by atoms with E-state index in [0.717, 1.165) is 0 Å². The largest absolute Gasteiger partial charge is 0.462 e. The molecule has 3 heterocycles. The van der Waals surface area contributed by atoms with Gasteiger partial charge in [-0.2, -0.15) is 4.98 Å². The van der Waals surface area contributed by atoms with E-state index >= 15 is 0 Å². The fourth-order valence-corrected chi connectivity index (χ4v) is 3.59. The van der Waals surface area contributed by atoms with Gasteiger partial charge in [-0.15, -0.1) is 10.2 Å². The number of furan rings is 1. The molecular weight excluding hydrogens is 352 g/mol. The molecule has 3 aromatic rings. The van der Waals surface area contributed by atoms with Gasteiger partial charge in [0, 0.05) is 0 Å². The number of carbonyl (C=O) groups excluding carboxylic acids is 1. The molecule has 0 unspecified atom stereocenters. The van der Waals surface area contributed by atoms with Gasteiger partial charge in [-0.3, -0.25) is 0 Å². The van der Waals surface area contributed by atoms with E-state index in [-0.39, 0.29) is 23.7 Å². The van der Waals surface area contributed by atoms with E-state index in [2.05, 4.69) is 20.2 Å². The summed E-state index contributed by atoms with van der Waals surface area (Å²) in [4.78, 5) is 20.6. The first-order valence-electron chi connectivity index (χ1n) is 6.94. The van der Waals surface area contributed by atoms with Crippen LogP contribution in [0.4, 0.5) is 10.9 Å². The minimum atomic E-state index is -0.504. The quantitative estimate of drug-likeness (QED) is 0.508. The zero-order valence-electron chi connectivity index (χ0n) is 12.9. The number of nitrogen functional groups attached to an aromatic ring is 2. The first-order valence-corrected chi connectivity index (χ1v) is 8.74. The zero-order valence-corrected chi connectivity index (χ0v) is 14.5. The molecule has 0 saturated heterocycles. The lowest BCUT2D eigenvalue weighted by Gasteiger charge is -2.03. The summed E-state index contributed by atoms with van der Waals surface area (Å²) in [5.41, 5.74) is 12.1. The molecule has 0 aromatic carbocycles. The highest BCUT2D eigenvalue weighted by Gasteiger charge is 2.23. The third-order valence-electron chi connectivity index (χ3n) is 3.03. The van der Waals surface area contributed by atoms with Crippen LogP contribution in [0.5, 0.6) is 0 Å². The molecule has 0 bridgehead atoms. The Balaban J connectivity index is 1.91. The van der Waals surface area contributed by atoms with Gasteiger partial charge in [0.1, 0.15) is 23.0 Å². The third-order valence-corrected chi connectivity index (χ3v) is 4.91. The van der Waals surface area contributed by atoms with Crippen LogP contribution in [0.15, 0.2) is 8.76 Å². The average molecular weight is 366 g/mol. The summed E-state index contributed by atoms with van der Waals surface area (Å²) in [6.07, 6.45) is 0. The van der Waals surface area contributed by atoms with Gasteiger partial charge < -0.3 is 20.6 Å². The number of fused-ring (bicyclic) bond motifs is 1. The van der Waals surface area contributed by atoms with E-state index in [9.17, 15) is 4.79 Å². The van der Waals surface area contributed by atoms with Gasteiger partial charge in [0.15, 0.2) is 4.34 Å². The molecule has 0 fully saturated rings. The van der Waals surface area contributed by atoms with Crippen molar-refractivity contribution in [3.8, 4) is 0 Å². The molecule has 0 aliphatic heterocycles. The number of carbonyl (C=O) groups is 1. The molecule has 0 atom stereocenters. The van der Waals surface area contributed by atoms with Crippen molar-refractivity contribution < 1.29 is 13.9 Å². The number of esters is 1. The highest BCUT2D eigenvalue weighted by atomic mass is 32.2. The van der Waals surface area contributed by atoms with Crippen molar-refractivity contribution in [1.29, 1.82) is 0 Å². The smallest absolute Gasteiger partial charge is 0.342 e. The van der Waals surface area contributed by atoms with E-state index in [4.69, 9.17) is 20.6 Å². The number of nitrogens with two attached hydrogens (primary N) is 2. The molecule has 0 radical (unpaired) electrons. The Morgan fingerprint density at radius 1 is 1.33 bits per heavy atom. The average Bonchev–Trinajstić information content (AvgIpc) is 3.08. The highest BCUT2D eigenvalue weighted by molar-refractivity contribution is 8.00. The summed E-state index contributed by atoms with van der Waals surface area (Å²) < 4.78 is 11.3. The Hall–Kier alpha value is -2.40. The first kappa shape index (κ1) is 16.5. The summed E-state index contributed by atoms with van der Waals surface area (Å²) in [6, 6.07) is 0. The Bertz CT molecular complexity index is 907. The van der Waals surface area contributed by atoms with Crippen LogP contribution in [0.25, 0.3) is 11.1 Å². The molecule has 0 saturated carbocycles. The van der Waals surface area contributed by atoms with Crippen molar-refractivity contribution in [1.82, 2.24) is 20.2 Å². The number of hydrogen-bond acceptors (Lipinski definition) is 11. The lowest BCUT2D eigenvalue weighted by Crippen LogP contribution is -2.07. The molecule has 24 heavy (non-hydrogen) atoms. The summed E-state index contributed by atoms with van der Waals surface area (Å²) in [7, 11) is 0. The minimum absolute atomic E-state index is 0.173. The fraction of sp³-hybridized carbons (Fsp3) is 0.308. The van der Waals surface area contributed by atoms with Crippen molar-refractivity contribution in [3.63, 3.8) is 0 Å². The zero-order chi connectivity index (χ0) is 17.3. The number of aromatic nitrogens is 4. The van der Waals surface area contributed by atoms with Crippen LogP contribution < -0.4 is 11.5 Å². The SMILES string of the molecule is CCOC(=O)c1c(C)oc2nc(CSc3nnc(N)s3)nc(N)c12. The van der Waals surface area contributed by atoms with Gasteiger partial charge in [-0.05, 0) is 13.8 Å². The van der Waals surface area contributed by atoms with E-state index in [0.29, 0.717) is 32.2 Å². The second-order valence-electron chi connectivity index (χ2n) is 4.65. The molecule has 11 heteroatoms. The summed E-state index contributed by atoms with van der Waals surface area (Å²) >= 11 is 2.67. The third kappa shape index (κ3) is 3.12. The van der Waals surface area contributed by atoms with Crippen LogP contribution in [-0.4, -0.2) is 32.7 Å². The molecular formula is C13H14N6O3S2. The minimum Gasteiger partial charge on any atom is -0.462 e. The van der Waals surface area contributed by atoms with Crippen molar-refractivity contribution in [3.05, 3.63) is 17.1 Å². The van der Waals surface area contributed by atoms with E-state index in [1.807, 2.05) is 0 Å². The molecule has 3 rings (SSSR count). The second kappa shape index (κ2) is 6.61. The second-order valence-corrected chi connectivity index (χ2v) is 6.89. The summed E-state index contributed by atoms with van der Waals surface area (Å²) in [5, 5.41) is 8.42. The van der Waals surface area contributed by atoms with E-state index in [1.165, 1.54) is 23.1 Å². The number of nitrogens with zero attached hydrogens (tertiary/aromatic N) is 4. The van der Waals surface area contributed by atoms with E-state index in [1.54, 1.807) is 13.8 Å². The van der Waals surface area contributed by atoms with Gasteiger partial charge in [0.2, 0.25) is 10.8 Å². The van der Waals surface area contributed by atoms with Crippen LogP contribution in [0.3, 0.4) is 0 Å². The van der Waals surface area contributed by atoms with Crippen molar-refractivity contribution in [2.45, 2.75) is 23.9 Å². The van der Waals surface area contributed by atoms with E-state index < -0.39 is 5.97 Å². The molecule has 0 amide bonds. The molecule has 4 N–H and O–H groups in total. The Morgan fingerprint density at radius 3 is 2.79 bits per heavy atom. The normalized spacial score (nSPS) is 11.1. The first-order chi connectivity index (χ1) is 11.5. The van der Waals surface area contributed by atoms with Crippen molar-refractivity contribution in [2.75, 3.05) is 18.1 Å². The molecule has 0 aliphatic rings. The summed E-state index contributed by atoms with van der Waals surface area (Å²) in [5.74, 6) is 0.945. The van der Waals surface area contributed by atoms with Gasteiger partial charge in [-0.1, -0.05) is 23.1 Å². The lowest BCUT2D eigenvalue weighted by atomic mass is 10.2. The van der Waals surface area contributed by atoms with Crippen LogP contribution in [0, 0.1) is 6.92 Å². The maximum absolute atomic E-state index is 12.1. The predicted octanol–water partition coefficient (Wildman–Crippen LogP) is 2.02. The van der Waals surface area contributed by atoms with Crippen LogP contribution in [-0.2, 0) is 10.5 Å². The van der Waals surface area contributed by atoms with Gasteiger partial charge in [0.05, 0.1) is 17.7 Å². The topological polar surface area (TPSA) is 143 Å². The number of rotatable bonds is 5. The molecule has 0 aliphatic carbocycles. The fourth-order valence-electron chi connectivity index (χ4n) is 2.10. The number of ether oxygens (including phenoxy) is 1. The van der Waals surface area contributed by atoms with Gasteiger partial charge in [-0.25, -0.2) is 9.78 Å². The van der Waals surface area contributed by atoms with Gasteiger partial charge in [0.25, 0.3) is 0 Å². The van der Waals surface area contributed by atoms with Crippen LogP contribution in [0.1, 0.15) is 28.9 Å². The number of aryl methyl sites for hydroxylation is 1. The van der Waals surface area contributed by atoms with Crippen LogP contribution in [0.2, 0.25) is 0 Å². The van der Waals surface area contributed by atoms with Crippen molar-refractivity contribution >= 4 is 51.1 Å². The Kier molecular flexibility index (Phi) is 4.53. The highest BCUT2D eigenvalue weighted by Crippen LogP contribution is 2.31. The van der Waals surface area contributed by atoms with Crippen LogP contribution >= 0.6 is 23.1 Å². The van der Waals surface area contributed by atoms with Crippen molar-refractivity contribution in [2.24, 2.45) is 0 Å². The maximum atomic E-state index is 12.1. The maximum Gasteiger partial charge on any atom is 0.342 e. The molecule has 3 aromatic heterocycles. The predicted molar refractivity (Wildman–Crippen MR) is 90.8 cm³/mol. The number of anilines is 2. The monoisotopic (exact) mass is 366 g/mol. The molecule has 126 valence electrons. The number of hydrogen-bond donors (Lipinski definition) is 2. The molecule has 0 spiro atoms.